The van der Waals surface area contributed by atoms with E-state index in [-0.39, 0.29) is 6.03 Å². The van der Waals surface area contributed by atoms with Gasteiger partial charge in [0.15, 0.2) is 0 Å². The second kappa shape index (κ2) is 5.16. The van der Waals surface area contributed by atoms with Crippen LogP contribution >= 0.6 is 0 Å². The fourth-order valence-electron chi connectivity index (χ4n) is 1.61. The van der Waals surface area contributed by atoms with Gasteiger partial charge in [-0.3, -0.25) is 0 Å². The summed E-state index contributed by atoms with van der Waals surface area (Å²) < 4.78 is 0. The molecule has 2 aromatic rings. The third-order valence-corrected chi connectivity index (χ3v) is 2.41. The summed E-state index contributed by atoms with van der Waals surface area (Å²) in [6.45, 7) is 4.00. The molecule has 0 spiro atoms. The van der Waals surface area contributed by atoms with Crippen LogP contribution in [-0.2, 0) is 0 Å². The summed E-state index contributed by atoms with van der Waals surface area (Å²) in [4.78, 5) is 11.4. The fourth-order valence-corrected chi connectivity index (χ4v) is 1.61. The van der Waals surface area contributed by atoms with Crippen molar-refractivity contribution in [1.82, 2.24) is 5.32 Å². The van der Waals surface area contributed by atoms with E-state index >= 15 is 0 Å². The van der Waals surface area contributed by atoms with E-state index in [1.807, 2.05) is 42.5 Å². The van der Waals surface area contributed by atoms with Crippen molar-refractivity contribution in [1.29, 1.82) is 0 Å². The van der Waals surface area contributed by atoms with Crippen LogP contribution in [0.4, 0.5) is 10.5 Å². The van der Waals surface area contributed by atoms with Crippen LogP contribution in [0, 0.1) is 0 Å². The lowest BCUT2D eigenvalue weighted by atomic mass is 10.1. The van der Waals surface area contributed by atoms with Crippen molar-refractivity contribution in [2.24, 2.45) is 0 Å². The van der Waals surface area contributed by atoms with E-state index in [2.05, 4.69) is 17.2 Å². The molecule has 0 saturated carbocycles. The van der Waals surface area contributed by atoms with Gasteiger partial charge in [-0.25, -0.2) is 4.79 Å². The summed E-state index contributed by atoms with van der Waals surface area (Å²) >= 11 is 0. The average Bonchev–Trinajstić information content (AvgIpc) is 2.36. The van der Waals surface area contributed by atoms with E-state index in [9.17, 15) is 4.79 Å². The van der Waals surface area contributed by atoms with Crippen molar-refractivity contribution in [2.45, 2.75) is 0 Å². The molecule has 2 rings (SSSR count). The molecule has 3 nitrogen and oxygen atoms in total. The Morgan fingerprint density at radius 2 is 1.94 bits per heavy atom. The Kier molecular flexibility index (Phi) is 3.40. The van der Waals surface area contributed by atoms with Gasteiger partial charge in [-0.1, -0.05) is 36.4 Å². The van der Waals surface area contributed by atoms with Gasteiger partial charge in [0.25, 0.3) is 0 Å². The smallest absolute Gasteiger partial charge is 0.319 e. The number of amides is 2. The SMILES string of the molecule is C=CCNC(=O)Nc1ccc2ccccc2c1. The van der Waals surface area contributed by atoms with E-state index in [1.54, 1.807) is 6.08 Å². The van der Waals surface area contributed by atoms with Gasteiger partial charge in [-0.2, -0.15) is 0 Å². The molecule has 0 unspecified atom stereocenters. The lowest BCUT2D eigenvalue weighted by molar-refractivity contribution is 0.253. The number of rotatable bonds is 3. The molecular formula is C14H14N2O. The quantitative estimate of drug-likeness (QED) is 0.775. The fraction of sp³-hybridized carbons (Fsp3) is 0.0714. The zero-order valence-corrected chi connectivity index (χ0v) is 9.44. The lowest BCUT2D eigenvalue weighted by Crippen LogP contribution is -2.28. The number of hydrogen-bond donors (Lipinski definition) is 2. The van der Waals surface area contributed by atoms with Crippen molar-refractivity contribution in [3.63, 3.8) is 0 Å². The minimum atomic E-state index is -0.222. The second-order valence-corrected chi connectivity index (χ2v) is 3.69. The number of nitrogens with one attached hydrogen (secondary N) is 2. The molecule has 2 N–H and O–H groups in total. The first kappa shape index (κ1) is 11.2. The number of carbonyl (C=O) groups excluding carboxylic acids is 1. The number of benzene rings is 2. The van der Waals surface area contributed by atoms with Gasteiger partial charge in [-0.05, 0) is 22.9 Å². The summed E-state index contributed by atoms with van der Waals surface area (Å²) in [7, 11) is 0. The Balaban J connectivity index is 2.13. The number of fused-ring (bicyclic) bond motifs is 1. The molecule has 2 aromatic carbocycles. The maximum absolute atomic E-state index is 11.4. The molecule has 0 aliphatic rings. The molecule has 0 heterocycles. The van der Waals surface area contributed by atoms with Gasteiger partial charge in [0, 0.05) is 12.2 Å². The zero-order valence-electron chi connectivity index (χ0n) is 9.44. The molecule has 0 fully saturated rings. The summed E-state index contributed by atoms with van der Waals surface area (Å²) in [5.41, 5.74) is 0.783. The van der Waals surface area contributed by atoms with E-state index < -0.39 is 0 Å². The molecule has 0 saturated heterocycles. The summed E-state index contributed by atoms with van der Waals surface area (Å²) in [6.07, 6.45) is 1.64. The van der Waals surface area contributed by atoms with Gasteiger partial charge in [0.05, 0.1) is 0 Å². The lowest BCUT2D eigenvalue weighted by Gasteiger charge is -2.06. The second-order valence-electron chi connectivity index (χ2n) is 3.69. The molecule has 0 bridgehead atoms. The van der Waals surface area contributed by atoms with Crippen LogP contribution in [-0.4, -0.2) is 12.6 Å². The van der Waals surface area contributed by atoms with Crippen LogP contribution in [0.3, 0.4) is 0 Å². The van der Waals surface area contributed by atoms with Crippen LogP contribution in [0.5, 0.6) is 0 Å². The van der Waals surface area contributed by atoms with Crippen LogP contribution in [0.1, 0.15) is 0 Å². The highest BCUT2D eigenvalue weighted by molar-refractivity contribution is 5.93. The molecule has 2 amide bonds. The summed E-state index contributed by atoms with van der Waals surface area (Å²) in [5.74, 6) is 0. The first-order chi connectivity index (χ1) is 8.29. The summed E-state index contributed by atoms with van der Waals surface area (Å²) in [6, 6.07) is 13.6. The predicted molar refractivity (Wildman–Crippen MR) is 71.2 cm³/mol. The Morgan fingerprint density at radius 3 is 2.71 bits per heavy atom. The number of urea groups is 1. The molecule has 3 heteroatoms. The van der Waals surface area contributed by atoms with Crippen molar-refractivity contribution in [3.05, 3.63) is 55.1 Å². The molecular weight excluding hydrogens is 212 g/mol. The molecule has 86 valence electrons. The Bertz CT molecular complexity index is 549. The first-order valence-corrected chi connectivity index (χ1v) is 5.44. The van der Waals surface area contributed by atoms with Gasteiger partial charge >= 0.3 is 6.03 Å². The van der Waals surface area contributed by atoms with E-state index in [0.717, 1.165) is 16.5 Å². The van der Waals surface area contributed by atoms with Gasteiger partial charge in [0.2, 0.25) is 0 Å². The minimum Gasteiger partial charge on any atom is -0.334 e. The van der Waals surface area contributed by atoms with E-state index in [4.69, 9.17) is 0 Å². The highest BCUT2D eigenvalue weighted by Gasteiger charge is 2.00. The largest absolute Gasteiger partial charge is 0.334 e. The van der Waals surface area contributed by atoms with Crippen molar-refractivity contribution in [3.8, 4) is 0 Å². The first-order valence-electron chi connectivity index (χ1n) is 5.44. The van der Waals surface area contributed by atoms with Crippen molar-refractivity contribution in [2.75, 3.05) is 11.9 Å². The van der Waals surface area contributed by atoms with Crippen molar-refractivity contribution < 1.29 is 4.79 Å². The highest BCUT2D eigenvalue weighted by atomic mass is 16.2. The molecule has 0 aromatic heterocycles. The van der Waals surface area contributed by atoms with Crippen LogP contribution in [0.15, 0.2) is 55.1 Å². The predicted octanol–water partition coefficient (Wildman–Crippen LogP) is 3.15. The maximum atomic E-state index is 11.4. The third-order valence-electron chi connectivity index (χ3n) is 2.41. The topological polar surface area (TPSA) is 41.1 Å². The normalized spacial score (nSPS) is 9.88. The standard InChI is InChI=1S/C14H14N2O/c1-2-9-15-14(17)16-13-8-7-11-5-3-4-6-12(11)10-13/h2-8,10H,1,9H2,(H2,15,16,17). The molecule has 17 heavy (non-hydrogen) atoms. The maximum Gasteiger partial charge on any atom is 0.319 e. The Labute approximate surface area is 100 Å². The molecule has 0 aliphatic heterocycles. The van der Waals surface area contributed by atoms with Crippen LogP contribution in [0.2, 0.25) is 0 Å². The Hall–Kier alpha value is -2.29. The number of anilines is 1. The highest BCUT2D eigenvalue weighted by Crippen LogP contribution is 2.18. The molecule has 0 aliphatic carbocycles. The third kappa shape index (κ3) is 2.84. The van der Waals surface area contributed by atoms with E-state index in [0.29, 0.717) is 6.54 Å². The van der Waals surface area contributed by atoms with Crippen LogP contribution in [0.25, 0.3) is 10.8 Å². The number of hydrogen-bond acceptors (Lipinski definition) is 1. The Morgan fingerprint density at radius 1 is 1.18 bits per heavy atom. The minimum absolute atomic E-state index is 0.222. The van der Waals surface area contributed by atoms with Crippen LogP contribution < -0.4 is 10.6 Å². The van der Waals surface area contributed by atoms with Crippen molar-refractivity contribution >= 4 is 22.5 Å². The average molecular weight is 226 g/mol. The summed E-state index contributed by atoms with van der Waals surface area (Å²) in [5, 5.41) is 7.69. The molecule has 0 radical (unpaired) electrons. The van der Waals surface area contributed by atoms with Gasteiger partial charge < -0.3 is 10.6 Å². The van der Waals surface area contributed by atoms with E-state index in [1.165, 1.54) is 0 Å². The zero-order chi connectivity index (χ0) is 12.1. The number of carbonyl (C=O) groups is 1. The monoisotopic (exact) mass is 226 g/mol. The molecule has 0 atom stereocenters. The van der Waals surface area contributed by atoms with Gasteiger partial charge in [-0.15, -0.1) is 6.58 Å². The van der Waals surface area contributed by atoms with Gasteiger partial charge in [0.1, 0.15) is 0 Å².